The van der Waals surface area contributed by atoms with Crippen LogP contribution in [-0.4, -0.2) is 6.54 Å². The van der Waals surface area contributed by atoms with Crippen molar-refractivity contribution < 1.29 is 4.39 Å². The van der Waals surface area contributed by atoms with Crippen LogP contribution in [0, 0.1) is 12.7 Å². The summed E-state index contributed by atoms with van der Waals surface area (Å²) in [6.45, 7) is 5.02. The number of thiophene rings is 1. The minimum atomic E-state index is -0.358. The summed E-state index contributed by atoms with van der Waals surface area (Å²) in [6, 6.07) is 7.38. The third-order valence-electron chi connectivity index (χ3n) is 3.09. The minimum Gasteiger partial charge on any atom is -0.309 e. The van der Waals surface area contributed by atoms with Gasteiger partial charge in [0.25, 0.3) is 0 Å². The van der Waals surface area contributed by atoms with Gasteiger partial charge in [-0.15, -0.1) is 11.3 Å². The van der Waals surface area contributed by atoms with Gasteiger partial charge in [0.1, 0.15) is 5.82 Å². The molecule has 0 aliphatic heterocycles. The van der Waals surface area contributed by atoms with Crippen molar-refractivity contribution in [3.05, 3.63) is 54.9 Å². The first-order valence-corrected chi connectivity index (χ1v) is 8.43. The van der Waals surface area contributed by atoms with E-state index in [0.29, 0.717) is 0 Å². The van der Waals surface area contributed by atoms with E-state index >= 15 is 0 Å². The molecule has 108 valence electrons. The van der Waals surface area contributed by atoms with Gasteiger partial charge in [-0.2, -0.15) is 0 Å². The molecule has 2 aromatic rings. The predicted molar refractivity (Wildman–Crippen MR) is 88.3 cm³/mol. The van der Waals surface area contributed by atoms with Crippen molar-refractivity contribution in [1.29, 1.82) is 0 Å². The molecule has 1 aromatic heterocycles. The van der Waals surface area contributed by atoms with E-state index in [1.54, 1.807) is 17.4 Å². The average Bonchev–Trinajstić information content (AvgIpc) is 2.73. The lowest BCUT2D eigenvalue weighted by Gasteiger charge is -2.16. The van der Waals surface area contributed by atoms with Crippen molar-refractivity contribution >= 4 is 38.9 Å². The summed E-state index contributed by atoms with van der Waals surface area (Å²) in [6.07, 6.45) is 0.744. The fourth-order valence-corrected chi connectivity index (χ4v) is 3.84. The van der Waals surface area contributed by atoms with E-state index in [0.717, 1.165) is 22.3 Å². The summed E-state index contributed by atoms with van der Waals surface area (Å²) in [4.78, 5) is 1.26. The Morgan fingerprint density at radius 1 is 1.40 bits per heavy atom. The molecule has 2 rings (SSSR count). The zero-order valence-corrected chi connectivity index (χ0v) is 14.5. The van der Waals surface area contributed by atoms with Crippen LogP contribution in [0.15, 0.2) is 28.1 Å². The standard InChI is InChI=1S/C15H16BrClFNS/c1-3-19-13(14-6-9(2)15(16)20-14)8-10-4-5-11(17)12(18)7-10/h4-7,13,19H,3,8H2,1-2H3. The van der Waals surface area contributed by atoms with Gasteiger partial charge in [0.2, 0.25) is 0 Å². The molecule has 1 N–H and O–H groups in total. The second kappa shape index (κ2) is 7.03. The highest BCUT2D eigenvalue weighted by Crippen LogP contribution is 2.33. The number of halogens is 3. The summed E-state index contributed by atoms with van der Waals surface area (Å²) >= 11 is 11.0. The van der Waals surface area contributed by atoms with Crippen LogP contribution >= 0.6 is 38.9 Å². The molecule has 0 spiro atoms. The first kappa shape index (κ1) is 16.0. The molecule has 0 saturated heterocycles. The van der Waals surface area contributed by atoms with Gasteiger partial charge in [-0.3, -0.25) is 0 Å². The van der Waals surface area contributed by atoms with E-state index in [4.69, 9.17) is 11.6 Å². The Morgan fingerprint density at radius 2 is 2.15 bits per heavy atom. The second-order valence-electron chi connectivity index (χ2n) is 4.67. The first-order chi connectivity index (χ1) is 9.51. The molecule has 0 amide bonds. The number of rotatable bonds is 5. The van der Waals surface area contributed by atoms with Gasteiger partial charge >= 0.3 is 0 Å². The normalized spacial score (nSPS) is 12.7. The van der Waals surface area contributed by atoms with Crippen molar-refractivity contribution in [1.82, 2.24) is 5.32 Å². The molecule has 0 fully saturated rings. The van der Waals surface area contributed by atoms with Crippen LogP contribution in [0.1, 0.15) is 29.0 Å². The Labute approximate surface area is 136 Å². The molecular weight excluding hydrogens is 361 g/mol. The van der Waals surface area contributed by atoms with Gasteiger partial charge in [-0.05, 0) is 65.1 Å². The number of nitrogens with one attached hydrogen (secondary N) is 1. The fraction of sp³-hybridized carbons (Fsp3) is 0.333. The van der Waals surface area contributed by atoms with E-state index in [-0.39, 0.29) is 16.9 Å². The lowest BCUT2D eigenvalue weighted by atomic mass is 10.0. The molecule has 1 atom stereocenters. The maximum absolute atomic E-state index is 13.5. The first-order valence-electron chi connectivity index (χ1n) is 6.44. The van der Waals surface area contributed by atoms with E-state index in [1.807, 2.05) is 6.07 Å². The predicted octanol–water partition coefficient (Wildman–Crippen LogP) is 5.50. The van der Waals surface area contributed by atoms with Crippen LogP contribution in [0.3, 0.4) is 0 Å². The topological polar surface area (TPSA) is 12.0 Å². The number of benzene rings is 1. The summed E-state index contributed by atoms with van der Waals surface area (Å²) < 4.78 is 14.7. The van der Waals surface area contributed by atoms with Gasteiger partial charge in [0, 0.05) is 10.9 Å². The molecule has 1 aromatic carbocycles. The summed E-state index contributed by atoms with van der Waals surface area (Å²) in [5, 5.41) is 3.63. The van der Waals surface area contributed by atoms with Crippen molar-refractivity contribution in [3.8, 4) is 0 Å². The van der Waals surface area contributed by atoms with Gasteiger partial charge in [0.05, 0.1) is 8.81 Å². The number of hydrogen-bond donors (Lipinski definition) is 1. The highest BCUT2D eigenvalue weighted by Gasteiger charge is 2.15. The smallest absolute Gasteiger partial charge is 0.142 e. The molecule has 20 heavy (non-hydrogen) atoms. The maximum atomic E-state index is 13.5. The van der Waals surface area contributed by atoms with Crippen LogP contribution in [0.5, 0.6) is 0 Å². The molecule has 1 nitrogen and oxygen atoms in total. The molecule has 5 heteroatoms. The minimum absolute atomic E-state index is 0.170. The van der Waals surface area contributed by atoms with E-state index in [2.05, 4.69) is 41.2 Å². The van der Waals surface area contributed by atoms with Gasteiger partial charge in [-0.1, -0.05) is 24.6 Å². The SMILES string of the molecule is CCNC(Cc1ccc(Cl)c(F)c1)c1cc(C)c(Br)s1. The van der Waals surface area contributed by atoms with Crippen molar-refractivity contribution in [2.75, 3.05) is 6.54 Å². The fourth-order valence-electron chi connectivity index (χ4n) is 2.08. The Kier molecular flexibility index (Phi) is 5.61. The monoisotopic (exact) mass is 375 g/mol. The highest BCUT2D eigenvalue weighted by atomic mass is 79.9. The zero-order valence-electron chi connectivity index (χ0n) is 11.3. The van der Waals surface area contributed by atoms with Crippen LogP contribution in [0.4, 0.5) is 4.39 Å². The molecule has 0 saturated carbocycles. The summed E-state index contributed by atoms with van der Waals surface area (Å²) in [7, 11) is 0. The number of aryl methyl sites for hydroxylation is 1. The number of likely N-dealkylation sites (N-methyl/N-ethyl adjacent to an activating group) is 1. The van der Waals surface area contributed by atoms with Crippen molar-refractivity contribution in [2.24, 2.45) is 0 Å². The van der Waals surface area contributed by atoms with E-state index < -0.39 is 0 Å². The Bertz CT molecular complexity index is 580. The highest BCUT2D eigenvalue weighted by molar-refractivity contribution is 9.11. The summed E-state index contributed by atoms with van der Waals surface area (Å²) in [5.74, 6) is -0.358. The maximum Gasteiger partial charge on any atom is 0.142 e. The van der Waals surface area contributed by atoms with Gasteiger partial charge < -0.3 is 5.32 Å². The molecule has 0 radical (unpaired) electrons. The molecule has 0 bridgehead atoms. The van der Waals surface area contributed by atoms with Gasteiger partial charge in [-0.25, -0.2) is 4.39 Å². The van der Waals surface area contributed by atoms with Crippen LogP contribution in [0.25, 0.3) is 0 Å². The third kappa shape index (κ3) is 3.82. The van der Waals surface area contributed by atoms with Crippen LogP contribution < -0.4 is 5.32 Å². The van der Waals surface area contributed by atoms with Crippen molar-refractivity contribution in [3.63, 3.8) is 0 Å². The van der Waals surface area contributed by atoms with Crippen LogP contribution in [-0.2, 0) is 6.42 Å². The quantitative estimate of drug-likeness (QED) is 0.726. The van der Waals surface area contributed by atoms with Crippen molar-refractivity contribution in [2.45, 2.75) is 26.3 Å². The molecule has 0 aliphatic rings. The molecular formula is C15H16BrClFNS. The zero-order chi connectivity index (χ0) is 14.7. The second-order valence-corrected chi connectivity index (χ2v) is 7.48. The molecule has 1 heterocycles. The Balaban J connectivity index is 2.22. The van der Waals surface area contributed by atoms with E-state index in [1.165, 1.54) is 16.5 Å². The Hall–Kier alpha value is -0.420. The van der Waals surface area contributed by atoms with E-state index in [9.17, 15) is 4.39 Å². The summed E-state index contributed by atoms with van der Waals surface area (Å²) in [5.41, 5.74) is 2.18. The molecule has 0 aliphatic carbocycles. The van der Waals surface area contributed by atoms with Gasteiger partial charge in [0.15, 0.2) is 0 Å². The number of hydrogen-bond acceptors (Lipinski definition) is 2. The molecule has 1 unspecified atom stereocenters. The lowest BCUT2D eigenvalue weighted by Crippen LogP contribution is -2.22. The largest absolute Gasteiger partial charge is 0.309 e. The average molecular weight is 377 g/mol. The Morgan fingerprint density at radius 3 is 2.70 bits per heavy atom. The van der Waals surface area contributed by atoms with Crippen LogP contribution in [0.2, 0.25) is 5.02 Å². The third-order valence-corrected chi connectivity index (χ3v) is 5.65. The lowest BCUT2D eigenvalue weighted by molar-refractivity contribution is 0.554.